The number of nitro groups is 1. The second kappa shape index (κ2) is 9.95. The molecule has 0 aromatic heterocycles. The van der Waals surface area contributed by atoms with Crippen molar-refractivity contribution in [2.24, 2.45) is 5.41 Å². The molecule has 0 N–H and O–H groups in total. The SMILES string of the molecule is CC(C)(C)C(=O)OC1=C2C(=O)C(c3ccccc3)(c3ccccc3)CC2=CCC(c2ccc([N+](=O)[O-])cc2)=C1. The maximum atomic E-state index is 14.6. The Balaban J connectivity index is 1.71. The highest BCUT2D eigenvalue weighted by molar-refractivity contribution is 6.14. The van der Waals surface area contributed by atoms with Gasteiger partial charge in [-0.15, -0.1) is 0 Å². The highest BCUT2D eigenvalue weighted by atomic mass is 16.6. The van der Waals surface area contributed by atoms with Crippen molar-refractivity contribution in [1.82, 2.24) is 0 Å². The minimum absolute atomic E-state index is 0.00776. The van der Waals surface area contributed by atoms with E-state index in [-0.39, 0.29) is 17.2 Å². The number of nitro benzene ring substituents is 1. The molecule has 0 atom stereocenters. The summed E-state index contributed by atoms with van der Waals surface area (Å²) in [5.41, 5.74) is 2.78. The number of hydrogen-bond donors (Lipinski definition) is 0. The van der Waals surface area contributed by atoms with Gasteiger partial charge in [0.15, 0.2) is 5.78 Å². The van der Waals surface area contributed by atoms with Crippen LogP contribution in [0.15, 0.2) is 114 Å². The summed E-state index contributed by atoms with van der Waals surface area (Å²) in [4.78, 5) is 38.4. The topological polar surface area (TPSA) is 86.5 Å². The normalized spacial score (nSPS) is 16.6. The fourth-order valence-corrected chi connectivity index (χ4v) is 5.19. The van der Waals surface area contributed by atoms with E-state index in [1.165, 1.54) is 12.1 Å². The average Bonchev–Trinajstić information content (AvgIpc) is 3.11. The van der Waals surface area contributed by atoms with E-state index < -0.39 is 21.7 Å². The fourth-order valence-electron chi connectivity index (χ4n) is 5.19. The number of fused-ring (bicyclic) bond motifs is 1. The Hall–Kier alpha value is -4.58. The first kappa shape index (κ1) is 26.0. The molecule has 6 heteroatoms. The van der Waals surface area contributed by atoms with Crippen LogP contribution in [0.3, 0.4) is 0 Å². The van der Waals surface area contributed by atoms with Crippen molar-refractivity contribution in [2.75, 3.05) is 0 Å². The molecule has 39 heavy (non-hydrogen) atoms. The number of ether oxygens (including phenoxy) is 1. The van der Waals surface area contributed by atoms with Crippen LogP contribution in [0.2, 0.25) is 0 Å². The van der Waals surface area contributed by atoms with Crippen molar-refractivity contribution in [1.29, 1.82) is 0 Å². The van der Waals surface area contributed by atoms with E-state index in [1.54, 1.807) is 39.0 Å². The van der Waals surface area contributed by atoms with Gasteiger partial charge >= 0.3 is 5.97 Å². The maximum absolute atomic E-state index is 14.6. The average molecular weight is 520 g/mol. The molecular formula is C33H29NO5. The number of carbonyl (C=O) groups is 2. The monoisotopic (exact) mass is 519 g/mol. The number of non-ortho nitro benzene ring substituents is 1. The van der Waals surface area contributed by atoms with Gasteiger partial charge in [0.05, 0.1) is 21.3 Å². The quantitative estimate of drug-likeness (QED) is 0.204. The minimum atomic E-state index is -0.957. The van der Waals surface area contributed by atoms with Crippen LogP contribution in [0.5, 0.6) is 0 Å². The molecule has 0 unspecified atom stereocenters. The summed E-state index contributed by atoms with van der Waals surface area (Å²) in [7, 11) is 0. The molecule has 196 valence electrons. The number of ketones is 1. The molecule has 0 saturated heterocycles. The number of esters is 1. The fraction of sp³-hybridized carbons (Fsp3) is 0.212. The maximum Gasteiger partial charge on any atom is 0.316 e. The highest BCUT2D eigenvalue weighted by Crippen LogP contribution is 2.51. The van der Waals surface area contributed by atoms with Crippen LogP contribution in [-0.4, -0.2) is 16.7 Å². The highest BCUT2D eigenvalue weighted by Gasteiger charge is 2.51. The lowest BCUT2D eigenvalue weighted by atomic mass is 9.72. The summed E-state index contributed by atoms with van der Waals surface area (Å²) in [5.74, 6) is -0.356. The molecule has 6 nitrogen and oxygen atoms in total. The smallest absolute Gasteiger partial charge is 0.316 e. The Labute approximate surface area is 227 Å². The molecule has 1 saturated carbocycles. The number of hydrogen-bond acceptors (Lipinski definition) is 5. The molecule has 0 bridgehead atoms. The third kappa shape index (κ3) is 4.74. The third-order valence-corrected chi connectivity index (χ3v) is 7.31. The standard InChI is InChI=1S/C33H29NO5/c1-32(2,3)31(36)39-28-20-23(22-16-18-27(19-17-22)34(37)38)14-15-24-21-33(30(35)29(24)28,25-10-6-4-7-11-25)26-12-8-5-9-13-26/h4-13,15-20H,14,21H2,1-3H3. The Kier molecular flexibility index (Phi) is 6.64. The number of carbonyl (C=O) groups excluding carboxylic acids is 2. The molecule has 0 heterocycles. The summed E-state index contributed by atoms with van der Waals surface area (Å²) in [5, 5.41) is 11.2. The van der Waals surface area contributed by atoms with Crippen molar-refractivity contribution >= 4 is 23.0 Å². The van der Waals surface area contributed by atoms with Gasteiger partial charge in [-0.2, -0.15) is 0 Å². The molecule has 5 rings (SSSR count). The van der Waals surface area contributed by atoms with E-state index in [4.69, 9.17) is 4.74 Å². The first-order chi connectivity index (χ1) is 18.6. The van der Waals surface area contributed by atoms with Gasteiger partial charge in [0, 0.05) is 12.1 Å². The molecule has 2 aliphatic carbocycles. The summed E-state index contributed by atoms with van der Waals surface area (Å²) in [6.07, 6.45) is 4.66. The molecule has 0 aliphatic heterocycles. The lowest BCUT2D eigenvalue weighted by molar-refractivity contribution is -0.384. The van der Waals surface area contributed by atoms with Crippen LogP contribution in [0.25, 0.3) is 5.57 Å². The predicted molar refractivity (Wildman–Crippen MR) is 150 cm³/mol. The van der Waals surface area contributed by atoms with Crippen LogP contribution >= 0.6 is 0 Å². The third-order valence-electron chi connectivity index (χ3n) is 7.31. The van der Waals surface area contributed by atoms with Gasteiger partial charge in [-0.25, -0.2) is 0 Å². The number of rotatable bonds is 5. The Bertz CT molecular complexity index is 1500. The van der Waals surface area contributed by atoms with Crippen molar-refractivity contribution < 1.29 is 19.2 Å². The van der Waals surface area contributed by atoms with Gasteiger partial charge < -0.3 is 4.74 Å². The van der Waals surface area contributed by atoms with Gasteiger partial charge in [-0.05, 0) is 79.7 Å². The zero-order chi connectivity index (χ0) is 27.8. The van der Waals surface area contributed by atoms with Crippen LogP contribution in [0.4, 0.5) is 5.69 Å². The first-order valence-corrected chi connectivity index (χ1v) is 12.9. The first-order valence-electron chi connectivity index (χ1n) is 12.9. The Morgan fingerprint density at radius 1 is 0.872 bits per heavy atom. The van der Waals surface area contributed by atoms with Crippen molar-refractivity contribution in [3.8, 4) is 0 Å². The van der Waals surface area contributed by atoms with E-state index in [9.17, 15) is 19.7 Å². The predicted octanol–water partition coefficient (Wildman–Crippen LogP) is 7.11. The van der Waals surface area contributed by atoms with Gasteiger partial charge in [-0.1, -0.05) is 66.7 Å². The molecule has 0 amide bonds. The molecule has 2 aliphatic rings. The summed E-state index contributed by atoms with van der Waals surface area (Å²) in [6, 6.07) is 25.7. The van der Waals surface area contributed by atoms with Crippen molar-refractivity contribution in [2.45, 2.75) is 39.0 Å². The number of benzene rings is 3. The lowest BCUT2D eigenvalue weighted by Gasteiger charge is -2.28. The van der Waals surface area contributed by atoms with Gasteiger partial charge in [0.1, 0.15) is 5.76 Å². The Morgan fingerprint density at radius 2 is 1.44 bits per heavy atom. The van der Waals surface area contributed by atoms with E-state index >= 15 is 0 Å². The molecule has 3 aromatic carbocycles. The van der Waals surface area contributed by atoms with E-state index in [0.717, 1.165) is 27.8 Å². The molecule has 3 aromatic rings. The van der Waals surface area contributed by atoms with Crippen LogP contribution in [0.1, 0.15) is 50.3 Å². The lowest BCUT2D eigenvalue weighted by Crippen LogP contribution is -2.33. The number of Topliss-reactive ketones (excluding diaryl/α,β-unsaturated/α-hetero) is 1. The Morgan fingerprint density at radius 3 is 1.95 bits per heavy atom. The van der Waals surface area contributed by atoms with Gasteiger partial charge in [-0.3, -0.25) is 19.7 Å². The second-order valence-corrected chi connectivity index (χ2v) is 10.9. The second-order valence-electron chi connectivity index (χ2n) is 10.9. The zero-order valence-electron chi connectivity index (χ0n) is 22.1. The number of nitrogens with zero attached hydrogens (tertiary/aromatic N) is 1. The summed E-state index contributed by atoms with van der Waals surface area (Å²) in [6.45, 7) is 5.30. The van der Waals surface area contributed by atoms with E-state index in [1.807, 2.05) is 66.7 Å². The largest absolute Gasteiger partial charge is 0.425 e. The van der Waals surface area contributed by atoms with Crippen molar-refractivity contribution in [3.63, 3.8) is 0 Å². The molecule has 0 spiro atoms. The molecule has 0 radical (unpaired) electrons. The van der Waals surface area contributed by atoms with E-state index in [0.29, 0.717) is 18.4 Å². The molecular weight excluding hydrogens is 490 g/mol. The summed E-state index contributed by atoms with van der Waals surface area (Å²) >= 11 is 0. The van der Waals surface area contributed by atoms with Crippen molar-refractivity contribution in [3.05, 3.63) is 141 Å². The minimum Gasteiger partial charge on any atom is -0.425 e. The summed E-state index contributed by atoms with van der Waals surface area (Å²) < 4.78 is 5.99. The van der Waals surface area contributed by atoms with Crippen LogP contribution < -0.4 is 0 Å². The van der Waals surface area contributed by atoms with Gasteiger partial charge in [0.25, 0.3) is 5.69 Å². The zero-order valence-corrected chi connectivity index (χ0v) is 22.1. The van der Waals surface area contributed by atoms with Crippen LogP contribution in [0, 0.1) is 15.5 Å². The molecule has 1 fully saturated rings. The van der Waals surface area contributed by atoms with Gasteiger partial charge in [0.2, 0.25) is 0 Å². The van der Waals surface area contributed by atoms with E-state index in [2.05, 4.69) is 0 Å². The van der Waals surface area contributed by atoms with Crippen LogP contribution in [-0.2, 0) is 19.7 Å². The number of allylic oxidation sites excluding steroid dienone is 5.